The monoisotopic (exact) mass is 390 g/mol. The first-order valence-corrected chi connectivity index (χ1v) is 10.5. The fourth-order valence-electron chi connectivity index (χ4n) is 5.78. The molecule has 4 aliphatic rings. The number of carbonyl (C=O) groups is 1. The van der Waals surface area contributed by atoms with E-state index in [4.69, 9.17) is 9.73 Å². The molecule has 1 amide bonds. The largest absolute Gasteiger partial charge is 0.444 e. The molecule has 6 rings (SSSR count). The first-order chi connectivity index (χ1) is 14.2. The highest BCUT2D eigenvalue weighted by Gasteiger charge is 2.50. The van der Waals surface area contributed by atoms with Gasteiger partial charge in [0.15, 0.2) is 0 Å². The van der Waals surface area contributed by atoms with Crippen molar-refractivity contribution in [3.8, 4) is 0 Å². The van der Waals surface area contributed by atoms with Gasteiger partial charge in [0, 0.05) is 12.4 Å². The average molecular weight is 390 g/mol. The van der Waals surface area contributed by atoms with Gasteiger partial charge < -0.3 is 4.74 Å². The highest BCUT2D eigenvalue weighted by molar-refractivity contribution is 5.83. The number of ether oxygens (including phenoxy) is 1. The van der Waals surface area contributed by atoms with Crippen molar-refractivity contribution in [2.45, 2.75) is 50.7 Å². The van der Waals surface area contributed by atoms with Crippen molar-refractivity contribution in [2.75, 3.05) is 5.32 Å². The molecule has 0 saturated heterocycles. The number of rotatable bonds is 5. The van der Waals surface area contributed by atoms with E-state index >= 15 is 0 Å². The van der Waals surface area contributed by atoms with Gasteiger partial charge in [0.2, 0.25) is 5.95 Å². The number of nitrogens with zero attached hydrogens (tertiary/aromatic N) is 3. The predicted molar refractivity (Wildman–Crippen MR) is 111 cm³/mol. The van der Waals surface area contributed by atoms with Gasteiger partial charge in [-0.3, -0.25) is 10.3 Å². The Bertz CT molecular complexity index is 877. The summed E-state index contributed by atoms with van der Waals surface area (Å²) >= 11 is 0. The van der Waals surface area contributed by atoms with E-state index in [2.05, 4.69) is 15.3 Å². The van der Waals surface area contributed by atoms with E-state index < -0.39 is 6.09 Å². The Morgan fingerprint density at radius 2 is 1.79 bits per heavy atom. The quantitative estimate of drug-likeness (QED) is 0.756. The van der Waals surface area contributed by atoms with Crippen LogP contribution in [0.25, 0.3) is 0 Å². The van der Waals surface area contributed by atoms with E-state index in [9.17, 15) is 4.79 Å². The number of nitrogens with one attached hydrogen (secondary N) is 1. The fraction of sp³-hybridized carbons (Fsp3) is 0.478. The number of benzene rings is 1. The van der Waals surface area contributed by atoms with Crippen LogP contribution in [0.15, 0.2) is 47.6 Å². The van der Waals surface area contributed by atoms with E-state index in [1.165, 1.54) is 38.5 Å². The fourth-order valence-corrected chi connectivity index (χ4v) is 5.78. The number of carbonyl (C=O) groups excluding carboxylic acids is 1. The van der Waals surface area contributed by atoms with Crippen LogP contribution in [0.2, 0.25) is 0 Å². The van der Waals surface area contributed by atoms with Crippen molar-refractivity contribution in [3.63, 3.8) is 0 Å². The summed E-state index contributed by atoms with van der Waals surface area (Å²) in [5, 5.41) is 2.60. The molecule has 6 heteroatoms. The van der Waals surface area contributed by atoms with E-state index in [1.807, 2.05) is 42.6 Å². The molecule has 0 unspecified atom stereocenters. The number of anilines is 1. The molecule has 1 heterocycles. The Labute approximate surface area is 170 Å². The topological polar surface area (TPSA) is 76.5 Å². The van der Waals surface area contributed by atoms with Crippen LogP contribution in [0.4, 0.5) is 10.7 Å². The van der Waals surface area contributed by atoms with Crippen LogP contribution >= 0.6 is 0 Å². The normalized spacial score (nSPS) is 29.9. The molecular formula is C23H26N4O2. The van der Waals surface area contributed by atoms with Crippen LogP contribution < -0.4 is 5.32 Å². The van der Waals surface area contributed by atoms with E-state index in [0.717, 1.165) is 23.3 Å². The van der Waals surface area contributed by atoms with E-state index in [-0.39, 0.29) is 18.1 Å². The molecule has 4 fully saturated rings. The van der Waals surface area contributed by atoms with Crippen molar-refractivity contribution in [3.05, 3.63) is 53.9 Å². The first kappa shape index (κ1) is 18.3. The highest BCUT2D eigenvalue weighted by atomic mass is 16.5. The second-order valence-electron chi connectivity index (χ2n) is 8.89. The van der Waals surface area contributed by atoms with Gasteiger partial charge in [-0.25, -0.2) is 14.8 Å². The van der Waals surface area contributed by atoms with E-state index in [0.29, 0.717) is 5.69 Å². The third kappa shape index (κ3) is 4.16. The molecular weight excluding hydrogens is 364 g/mol. The Balaban J connectivity index is 1.21. The molecule has 4 aliphatic carbocycles. The average Bonchev–Trinajstić information content (AvgIpc) is 2.71. The molecule has 4 saturated carbocycles. The minimum Gasteiger partial charge on any atom is -0.444 e. The molecule has 1 N–H and O–H groups in total. The summed E-state index contributed by atoms with van der Waals surface area (Å²) in [6, 6.07) is 11.4. The van der Waals surface area contributed by atoms with Gasteiger partial charge in [-0.05, 0) is 67.9 Å². The van der Waals surface area contributed by atoms with Gasteiger partial charge in [0.05, 0.1) is 11.2 Å². The maximum absolute atomic E-state index is 12.0. The molecule has 1 aromatic heterocycles. The zero-order chi connectivity index (χ0) is 19.7. The molecule has 150 valence electrons. The van der Waals surface area contributed by atoms with E-state index in [1.54, 1.807) is 6.20 Å². The summed E-state index contributed by atoms with van der Waals surface area (Å²) in [7, 11) is 0. The number of hydrogen-bond donors (Lipinski definition) is 1. The Kier molecular flexibility index (Phi) is 4.78. The van der Waals surface area contributed by atoms with Crippen molar-refractivity contribution in [1.29, 1.82) is 0 Å². The summed E-state index contributed by atoms with van der Waals surface area (Å²) in [6.45, 7) is 0.208. The zero-order valence-electron chi connectivity index (χ0n) is 16.5. The van der Waals surface area contributed by atoms with Crippen molar-refractivity contribution >= 4 is 18.3 Å². The van der Waals surface area contributed by atoms with Crippen molar-refractivity contribution < 1.29 is 9.53 Å². The zero-order valence-corrected chi connectivity index (χ0v) is 16.5. The van der Waals surface area contributed by atoms with Gasteiger partial charge in [-0.1, -0.05) is 30.3 Å². The van der Waals surface area contributed by atoms with Crippen LogP contribution in [-0.2, 0) is 11.3 Å². The molecule has 6 nitrogen and oxygen atoms in total. The summed E-state index contributed by atoms with van der Waals surface area (Å²) in [5.41, 5.74) is 1.76. The molecule has 4 bridgehead atoms. The van der Waals surface area contributed by atoms with Gasteiger partial charge in [-0.2, -0.15) is 0 Å². The van der Waals surface area contributed by atoms with Crippen LogP contribution in [0.5, 0.6) is 0 Å². The van der Waals surface area contributed by atoms with Gasteiger partial charge in [-0.15, -0.1) is 0 Å². The third-order valence-corrected chi connectivity index (χ3v) is 6.58. The Hall–Kier alpha value is -2.76. The predicted octanol–water partition coefficient (Wildman–Crippen LogP) is 4.61. The maximum Gasteiger partial charge on any atom is 0.414 e. The summed E-state index contributed by atoms with van der Waals surface area (Å²) < 4.78 is 5.23. The molecule has 2 aromatic rings. The molecule has 0 atom stereocenters. The molecule has 0 spiro atoms. The number of aromatic nitrogens is 2. The number of hydrogen-bond acceptors (Lipinski definition) is 5. The second-order valence-corrected chi connectivity index (χ2v) is 8.89. The lowest BCUT2D eigenvalue weighted by Crippen LogP contribution is -2.49. The minimum absolute atomic E-state index is 0.113. The maximum atomic E-state index is 12.0. The van der Waals surface area contributed by atoms with Gasteiger partial charge in [0.1, 0.15) is 6.61 Å². The lowest BCUT2D eigenvalue weighted by atomic mass is 9.53. The summed E-state index contributed by atoms with van der Waals surface area (Å²) in [6.07, 6.45) is 10.8. The number of aliphatic imine (C=N–C) groups is 1. The summed E-state index contributed by atoms with van der Waals surface area (Å²) in [5.74, 6) is 2.82. The minimum atomic E-state index is -0.566. The standard InChI is InChI=1S/C23H26N4O2/c28-22(29-15-16-4-2-1-3-5-16)27-21-24-7-6-20(26-21)14-25-23-11-17-8-18(12-23)10-19(9-17)13-23/h1-7,14,17-19H,8-13,15H2,(H,24,26,27,28). The number of amides is 1. The van der Waals surface area contributed by atoms with Gasteiger partial charge in [0.25, 0.3) is 0 Å². The first-order valence-electron chi connectivity index (χ1n) is 10.5. The van der Waals surface area contributed by atoms with Crippen LogP contribution in [-0.4, -0.2) is 27.8 Å². The molecule has 0 aliphatic heterocycles. The Morgan fingerprint density at radius 3 is 2.48 bits per heavy atom. The molecule has 29 heavy (non-hydrogen) atoms. The van der Waals surface area contributed by atoms with Crippen LogP contribution in [0.3, 0.4) is 0 Å². The third-order valence-electron chi connectivity index (χ3n) is 6.58. The second kappa shape index (κ2) is 7.58. The Morgan fingerprint density at radius 1 is 1.10 bits per heavy atom. The SMILES string of the molecule is O=C(Nc1nccc(C=NC23CC4CC(CC(C4)C2)C3)n1)OCc1ccccc1. The van der Waals surface area contributed by atoms with Gasteiger partial charge >= 0.3 is 6.09 Å². The lowest BCUT2D eigenvalue weighted by molar-refractivity contribution is 0.00194. The van der Waals surface area contributed by atoms with Crippen molar-refractivity contribution in [1.82, 2.24) is 9.97 Å². The van der Waals surface area contributed by atoms with Crippen LogP contribution in [0, 0.1) is 17.8 Å². The molecule has 0 radical (unpaired) electrons. The lowest BCUT2D eigenvalue weighted by Gasteiger charge is -2.54. The smallest absolute Gasteiger partial charge is 0.414 e. The van der Waals surface area contributed by atoms with Crippen molar-refractivity contribution in [2.24, 2.45) is 22.7 Å². The van der Waals surface area contributed by atoms with Crippen LogP contribution in [0.1, 0.15) is 49.8 Å². The molecule has 1 aromatic carbocycles. The summed E-state index contributed by atoms with van der Waals surface area (Å²) in [4.78, 5) is 25.6. The highest BCUT2D eigenvalue weighted by Crippen LogP contribution is 2.57.